The fraction of sp³-hybridized carbons (Fsp3) is 0.405. The highest BCUT2D eigenvalue weighted by molar-refractivity contribution is 9.10. The number of halogens is 1. The lowest BCUT2D eigenvalue weighted by Crippen LogP contribution is -2.59. The van der Waals surface area contributed by atoms with Crippen LogP contribution in [0.4, 0.5) is 17.2 Å². The van der Waals surface area contributed by atoms with E-state index in [1.807, 2.05) is 28.9 Å². The third-order valence-corrected chi connectivity index (χ3v) is 11.3. The van der Waals surface area contributed by atoms with Gasteiger partial charge in [0.1, 0.15) is 22.8 Å². The number of nitrogens with one attached hydrogen (secondary N) is 1. The van der Waals surface area contributed by atoms with Gasteiger partial charge in [-0.15, -0.1) is 0 Å². The Bertz CT molecular complexity index is 2240. The summed E-state index contributed by atoms with van der Waals surface area (Å²) in [6.45, 7) is 10.9. The van der Waals surface area contributed by atoms with E-state index in [1.165, 1.54) is 9.13 Å². The van der Waals surface area contributed by atoms with E-state index in [2.05, 4.69) is 61.8 Å². The summed E-state index contributed by atoms with van der Waals surface area (Å²) in [5, 5.41) is 13.9. The van der Waals surface area contributed by atoms with Crippen molar-refractivity contribution in [1.82, 2.24) is 28.4 Å². The first-order chi connectivity index (χ1) is 24.0. The number of fused-ring (bicyclic) bond motifs is 3. The third-order valence-electron chi connectivity index (χ3n) is 10.5. The van der Waals surface area contributed by atoms with Crippen LogP contribution in [-0.4, -0.2) is 78.4 Å². The second-order valence-corrected chi connectivity index (χ2v) is 15.4. The molecule has 5 aromatic rings. The minimum absolute atomic E-state index is 0. The maximum absolute atomic E-state index is 14.0. The van der Waals surface area contributed by atoms with Crippen LogP contribution in [-0.2, 0) is 31.2 Å². The highest BCUT2D eigenvalue weighted by Gasteiger charge is 2.35. The van der Waals surface area contributed by atoms with Gasteiger partial charge in [-0.1, -0.05) is 13.8 Å². The number of nitrogens with zero attached hydrogens (tertiary/aromatic N) is 7. The van der Waals surface area contributed by atoms with Crippen molar-refractivity contribution in [2.45, 2.75) is 52.3 Å². The molecular weight excluding hydrogens is 732 g/mol. The molecule has 2 fully saturated rings. The lowest BCUT2D eigenvalue weighted by molar-refractivity contribution is -0.0691. The van der Waals surface area contributed by atoms with E-state index in [-0.39, 0.29) is 36.6 Å². The van der Waals surface area contributed by atoms with Crippen LogP contribution in [0.1, 0.15) is 37.6 Å². The van der Waals surface area contributed by atoms with Gasteiger partial charge in [-0.3, -0.25) is 19.1 Å². The molecule has 12 nitrogen and oxygen atoms in total. The van der Waals surface area contributed by atoms with Crippen LogP contribution in [0.25, 0.3) is 22.5 Å². The van der Waals surface area contributed by atoms with Crippen LogP contribution in [0, 0.1) is 5.41 Å². The fourth-order valence-corrected chi connectivity index (χ4v) is 8.56. The smallest absolute Gasteiger partial charge is 0.281 e. The normalized spacial score (nSPS) is 18.8. The summed E-state index contributed by atoms with van der Waals surface area (Å²) in [4.78, 5) is 41.4. The van der Waals surface area contributed by atoms with Crippen molar-refractivity contribution in [3.63, 3.8) is 0 Å². The molecule has 1 aliphatic carbocycles. The molecule has 0 spiro atoms. The number of pyridine rings is 3. The van der Waals surface area contributed by atoms with E-state index in [1.54, 1.807) is 37.8 Å². The molecule has 268 valence electrons. The Balaban J connectivity index is 0.00000406. The number of anilines is 3. The molecule has 0 bridgehead atoms. The first-order valence-corrected chi connectivity index (χ1v) is 17.9. The molecule has 0 saturated carbocycles. The number of aliphatic hydroxyl groups excluding tert-OH is 1. The number of hydrogen-bond donors (Lipinski definition) is 2. The van der Waals surface area contributed by atoms with Gasteiger partial charge in [0.2, 0.25) is 0 Å². The van der Waals surface area contributed by atoms with Gasteiger partial charge < -0.3 is 29.0 Å². The maximum Gasteiger partial charge on any atom is 0.281 e. The molecule has 2 saturated heterocycles. The molecule has 0 radical (unpaired) electrons. The Hall–Kier alpha value is -3.95. The molecule has 1 atom stereocenters. The van der Waals surface area contributed by atoms with Crippen LogP contribution >= 0.6 is 29.4 Å². The third kappa shape index (κ3) is 6.20. The number of aliphatic hydroxyl groups is 1. The van der Waals surface area contributed by atoms with E-state index < -0.39 is 0 Å². The topological polar surface area (TPSA) is 122 Å². The van der Waals surface area contributed by atoms with E-state index in [0.29, 0.717) is 51.6 Å². The van der Waals surface area contributed by atoms with Crippen LogP contribution in [0.3, 0.4) is 0 Å². The minimum atomic E-state index is -0.362. The van der Waals surface area contributed by atoms with Crippen molar-refractivity contribution in [1.29, 1.82) is 0 Å². The van der Waals surface area contributed by atoms with Crippen molar-refractivity contribution in [3.8, 4) is 16.9 Å². The number of aryl methyl sites for hydroxylation is 1. The van der Waals surface area contributed by atoms with Gasteiger partial charge in [-0.05, 0) is 76.5 Å². The van der Waals surface area contributed by atoms with Gasteiger partial charge >= 0.3 is 0 Å². The summed E-state index contributed by atoms with van der Waals surface area (Å²) in [5.74, 6) is 0.884. The summed E-state index contributed by atoms with van der Waals surface area (Å²) < 4.78 is 11.2. The molecule has 51 heavy (non-hydrogen) atoms. The quantitative estimate of drug-likeness (QED) is 0.248. The van der Waals surface area contributed by atoms with Crippen LogP contribution in [0.5, 0.6) is 0 Å². The number of rotatable bonds is 7. The molecule has 0 unspecified atom stereocenters. The Morgan fingerprint density at radius 1 is 1.08 bits per heavy atom. The molecule has 5 aromatic heterocycles. The highest BCUT2D eigenvalue weighted by atomic mass is 79.9. The van der Waals surface area contributed by atoms with Gasteiger partial charge in [0, 0.05) is 74.3 Å². The largest absolute Gasteiger partial charge is 0.392 e. The van der Waals surface area contributed by atoms with Gasteiger partial charge in [0.25, 0.3) is 11.1 Å². The van der Waals surface area contributed by atoms with E-state index in [0.717, 1.165) is 67.1 Å². The Labute approximate surface area is 311 Å². The highest BCUT2D eigenvalue weighted by Crippen LogP contribution is 2.42. The molecule has 14 heteroatoms. The van der Waals surface area contributed by atoms with Crippen molar-refractivity contribution in [3.05, 3.63) is 97.3 Å². The number of piperazine rings is 1. The fourth-order valence-electron chi connectivity index (χ4n) is 7.83. The first kappa shape index (κ1) is 35.5. The lowest BCUT2D eigenvalue weighted by atomic mass is 9.90. The lowest BCUT2D eigenvalue weighted by Gasteiger charge is -2.46. The van der Waals surface area contributed by atoms with Crippen molar-refractivity contribution in [2.24, 2.45) is 12.5 Å². The van der Waals surface area contributed by atoms with Crippen LogP contribution < -0.4 is 21.3 Å². The summed E-state index contributed by atoms with van der Waals surface area (Å²) in [6.07, 6.45) is 10.6. The zero-order chi connectivity index (χ0) is 34.9. The summed E-state index contributed by atoms with van der Waals surface area (Å²) in [7, 11) is 1.69. The van der Waals surface area contributed by atoms with Crippen LogP contribution in [0.15, 0.2) is 69.3 Å². The Morgan fingerprint density at radius 2 is 1.88 bits per heavy atom. The van der Waals surface area contributed by atoms with Gasteiger partial charge in [0.05, 0.1) is 42.2 Å². The van der Waals surface area contributed by atoms with Gasteiger partial charge in [-0.25, -0.2) is 9.97 Å². The zero-order valence-corrected chi connectivity index (χ0v) is 31.8. The number of ether oxygens (including phenoxy) is 1. The number of hydrogen-bond acceptors (Lipinski definition) is 9. The molecule has 7 heterocycles. The van der Waals surface area contributed by atoms with Gasteiger partial charge in [-0.2, -0.15) is 13.5 Å². The summed E-state index contributed by atoms with van der Waals surface area (Å²) in [6, 6.07) is 8.35. The average Bonchev–Trinajstić information content (AvgIpc) is 3.53. The molecule has 2 N–H and O–H groups in total. The monoisotopic (exact) mass is 774 g/mol. The molecular formula is C37H43BrN8O4S. The SMILES string of the molecule is C[C@H]1CN(C2COC2)CCN1c1ccc(Nc2cc(-c3ccnc(-n4ccn5c6c(c(Br)c5c4=O)CC(C)(C)C6)c3CO)cn(C)c2=O)nc1.S. The number of aromatic nitrogens is 5. The van der Waals surface area contributed by atoms with Crippen molar-refractivity contribution >= 4 is 52.1 Å². The standard InChI is InChI=1S/C37H41BrN8O4.H2S/c1-22-17-43(25-20-50-21-25)9-10-44(22)24-5-6-31(40-16-24)41-29-13-23(18-42(4)35(29)48)26-7-8-39-34(28(26)19-47)46-12-11-45-30-15-37(2,3)14-27(30)32(38)33(45)36(46)49;/h5-8,11-13,16,18,22,25,47H,9-10,14-15,17,19-21H2,1-4H3,(H,40,41);1H2/t22-;/m0./s1. The van der Waals surface area contributed by atoms with E-state index >= 15 is 0 Å². The van der Waals surface area contributed by atoms with E-state index in [9.17, 15) is 14.7 Å². The molecule has 2 aliphatic heterocycles. The average molecular weight is 776 g/mol. The zero-order valence-electron chi connectivity index (χ0n) is 29.2. The molecule has 0 aromatic carbocycles. The predicted octanol–water partition coefficient (Wildman–Crippen LogP) is 4.39. The predicted molar refractivity (Wildman–Crippen MR) is 207 cm³/mol. The first-order valence-electron chi connectivity index (χ1n) is 17.1. The Kier molecular flexibility index (Phi) is 9.42. The Morgan fingerprint density at radius 3 is 2.57 bits per heavy atom. The van der Waals surface area contributed by atoms with Crippen LogP contribution in [0.2, 0.25) is 0 Å². The van der Waals surface area contributed by atoms with E-state index in [4.69, 9.17) is 4.74 Å². The summed E-state index contributed by atoms with van der Waals surface area (Å²) in [5.41, 5.74) is 5.74. The summed E-state index contributed by atoms with van der Waals surface area (Å²) >= 11 is 3.73. The van der Waals surface area contributed by atoms with Crippen molar-refractivity contribution < 1.29 is 9.84 Å². The minimum Gasteiger partial charge on any atom is -0.392 e. The molecule has 3 aliphatic rings. The molecule has 8 rings (SSSR count). The maximum atomic E-state index is 14.0. The second-order valence-electron chi connectivity index (χ2n) is 14.6. The molecule has 0 amide bonds. The second kappa shape index (κ2) is 13.6. The van der Waals surface area contributed by atoms with Crippen molar-refractivity contribution in [2.75, 3.05) is 43.1 Å². The van der Waals surface area contributed by atoms with Gasteiger partial charge in [0.15, 0.2) is 0 Å².